The van der Waals surface area contributed by atoms with Crippen molar-refractivity contribution in [2.24, 2.45) is 0 Å². The molecule has 2 aromatic rings. The monoisotopic (exact) mass is 286 g/mol. The van der Waals surface area contributed by atoms with Crippen molar-refractivity contribution in [3.05, 3.63) is 34.3 Å². The van der Waals surface area contributed by atoms with Gasteiger partial charge in [-0.2, -0.15) is 0 Å². The molecule has 4 nitrogen and oxygen atoms in total. The highest BCUT2D eigenvalue weighted by molar-refractivity contribution is 6.33. The standard InChI is InChI=1S/C11H5Cl2FN2O2/c12-9-8(14)10(13)16-11(15-9)5-1-2-6-7(3-5)18-4-17-6/h1-3H,4H2. The molecule has 1 aromatic carbocycles. The highest BCUT2D eigenvalue weighted by Crippen LogP contribution is 2.35. The lowest BCUT2D eigenvalue weighted by atomic mass is 10.2. The van der Waals surface area contributed by atoms with Gasteiger partial charge in [0.1, 0.15) is 0 Å². The van der Waals surface area contributed by atoms with Crippen LogP contribution < -0.4 is 9.47 Å². The number of fused-ring (bicyclic) bond motifs is 1. The van der Waals surface area contributed by atoms with Crippen molar-refractivity contribution in [2.45, 2.75) is 0 Å². The average molecular weight is 287 g/mol. The number of hydrogen-bond donors (Lipinski definition) is 0. The molecule has 0 unspecified atom stereocenters. The average Bonchev–Trinajstić information content (AvgIpc) is 2.82. The molecule has 0 aliphatic carbocycles. The molecule has 1 aromatic heterocycles. The van der Waals surface area contributed by atoms with Gasteiger partial charge in [-0.15, -0.1) is 0 Å². The summed E-state index contributed by atoms with van der Waals surface area (Å²) < 4.78 is 23.6. The van der Waals surface area contributed by atoms with Crippen LogP contribution in [-0.4, -0.2) is 16.8 Å². The Hall–Kier alpha value is -1.59. The van der Waals surface area contributed by atoms with Gasteiger partial charge in [0.15, 0.2) is 33.4 Å². The Bertz CT molecular complexity index is 613. The second-order valence-corrected chi connectivity index (χ2v) is 4.23. The second-order valence-electron chi connectivity index (χ2n) is 3.51. The Labute approximate surface area is 111 Å². The van der Waals surface area contributed by atoms with E-state index in [1.807, 2.05) is 0 Å². The molecule has 0 atom stereocenters. The second kappa shape index (κ2) is 4.26. The van der Waals surface area contributed by atoms with Crippen LogP contribution in [0.4, 0.5) is 4.39 Å². The normalized spacial score (nSPS) is 12.8. The summed E-state index contributed by atoms with van der Waals surface area (Å²) in [6, 6.07) is 5.11. The van der Waals surface area contributed by atoms with Crippen LogP contribution in [-0.2, 0) is 0 Å². The van der Waals surface area contributed by atoms with E-state index >= 15 is 0 Å². The van der Waals surface area contributed by atoms with Crippen molar-refractivity contribution < 1.29 is 13.9 Å². The summed E-state index contributed by atoms with van der Waals surface area (Å²) in [6.45, 7) is 0.171. The number of benzene rings is 1. The quantitative estimate of drug-likeness (QED) is 0.755. The van der Waals surface area contributed by atoms with Gasteiger partial charge in [0.25, 0.3) is 0 Å². The van der Waals surface area contributed by atoms with Gasteiger partial charge in [0, 0.05) is 5.56 Å². The van der Waals surface area contributed by atoms with E-state index in [9.17, 15) is 4.39 Å². The fourth-order valence-corrected chi connectivity index (χ4v) is 1.95. The molecule has 92 valence electrons. The minimum absolute atomic E-state index is 0.171. The zero-order valence-electron chi connectivity index (χ0n) is 8.78. The Morgan fingerprint density at radius 1 is 1.06 bits per heavy atom. The van der Waals surface area contributed by atoms with Crippen molar-refractivity contribution in [3.8, 4) is 22.9 Å². The molecule has 0 radical (unpaired) electrons. The van der Waals surface area contributed by atoms with Gasteiger partial charge in [-0.1, -0.05) is 23.2 Å². The maximum Gasteiger partial charge on any atom is 0.231 e. The maximum atomic E-state index is 13.2. The molecule has 0 saturated heterocycles. The number of nitrogens with zero attached hydrogens (tertiary/aromatic N) is 2. The topological polar surface area (TPSA) is 44.2 Å². The third kappa shape index (κ3) is 1.85. The molecule has 18 heavy (non-hydrogen) atoms. The molecule has 3 rings (SSSR count). The number of hydrogen-bond acceptors (Lipinski definition) is 4. The SMILES string of the molecule is Fc1c(Cl)nc(-c2ccc3c(c2)OCO3)nc1Cl. The van der Waals surface area contributed by atoms with Gasteiger partial charge in [-0.25, -0.2) is 14.4 Å². The van der Waals surface area contributed by atoms with Crippen molar-refractivity contribution in [1.29, 1.82) is 0 Å². The van der Waals surface area contributed by atoms with Crippen LogP contribution in [0.25, 0.3) is 11.4 Å². The Morgan fingerprint density at radius 3 is 2.44 bits per heavy atom. The Balaban J connectivity index is 2.10. The van der Waals surface area contributed by atoms with E-state index in [2.05, 4.69) is 9.97 Å². The predicted molar refractivity (Wildman–Crippen MR) is 63.6 cm³/mol. The third-order valence-corrected chi connectivity index (χ3v) is 2.90. The van der Waals surface area contributed by atoms with Crippen molar-refractivity contribution in [2.75, 3.05) is 6.79 Å². The summed E-state index contributed by atoms with van der Waals surface area (Å²) in [4.78, 5) is 7.66. The lowest BCUT2D eigenvalue weighted by Crippen LogP contribution is -1.94. The van der Waals surface area contributed by atoms with E-state index in [-0.39, 0.29) is 22.9 Å². The summed E-state index contributed by atoms with van der Waals surface area (Å²) in [5, 5.41) is -0.634. The Kier molecular flexibility index (Phi) is 2.72. The van der Waals surface area contributed by atoms with Gasteiger partial charge < -0.3 is 9.47 Å². The molecular weight excluding hydrogens is 282 g/mol. The van der Waals surface area contributed by atoms with E-state index in [4.69, 9.17) is 32.7 Å². The molecule has 0 bridgehead atoms. The van der Waals surface area contributed by atoms with Crippen LogP contribution >= 0.6 is 23.2 Å². The van der Waals surface area contributed by atoms with Crippen molar-refractivity contribution >= 4 is 23.2 Å². The zero-order chi connectivity index (χ0) is 12.7. The number of rotatable bonds is 1. The number of halogens is 3. The first kappa shape index (κ1) is 11.5. The molecule has 0 spiro atoms. The van der Waals surface area contributed by atoms with Crippen LogP contribution in [0.2, 0.25) is 10.3 Å². The number of ether oxygens (including phenoxy) is 2. The molecule has 7 heteroatoms. The van der Waals surface area contributed by atoms with Crippen LogP contribution in [0.15, 0.2) is 18.2 Å². The first-order chi connectivity index (χ1) is 8.65. The van der Waals surface area contributed by atoms with Gasteiger partial charge in [-0.05, 0) is 18.2 Å². The highest BCUT2D eigenvalue weighted by atomic mass is 35.5. The van der Waals surface area contributed by atoms with Crippen molar-refractivity contribution in [3.63, 3.8) is 0 Å². The summed E-state index contributed by atoms with van der Waals surface area (Å²) in [7, 11) is 0. The molecule has 0 amide bonds. The fraction of sp³-hybridized carbons (Fsp3) is 0.0909. The first-order valence-corrected chi connectivity index (χ1v) is 5.69. The molecule has 0 saturated carbocycles. The molecule has 0 N–H and O–H groups in total. The zero-order valence-corrected chi connectivity index (χ0v) is 10.3. The molecule has 2 heterocycles. The first-order valence-electron chi connectivity index (χ1n) is 4.94. The van der Waals surface area contributed by atoms with Crippen molar-refractivity contribution in [1.82, 2.24) is 9.97 Å². The summed E-state index contributed by atoms with van der Waals surface area (Å²) in [6.07, 6.45) is 0. The van der Waals surface area contributed by atoms with E-state index in [1.165, 1.54) is 0 Å². The summed E-state index contributed by atoms with van der Waals surface area (Å²) in [5.74, 6) is 0.609. The van der Waals surface area contributed by atoms with E-state index in [1.54, 1.807) is 18.2 Å². The fourth-order valence-electron chi connectivity index (χ4n) is 1.56. The molecule has 1 aliphatic heterocycles. The molecule has 0 fully saturated rings. The maximum absolute atomic E-state index is 13.2. The van der Waals surface area contributed by atoms with E-state index < -0.39 is 5.82 Å². The largest absolute Gasteiger partial charge is 0.454 e. The third-order valence-electron chi connectivity index (χ3n) is 2.40. The van der Waals surface area contributed by atoms with Crippen LogP contribution in [0.1, 0.15) is 0 Å². The predicted octanol–water partition coefficient (Wildman–Crippen LogP) is 3.32. The lowest BCUT2D eigenvalue weighted by molar-refractivity contribution is 0.174. The minimum atomic E-state index is -0.831. The Morgan fingerprint density at radius 2 is 1.72 bits per heavy atom. The van der Waals surface area contributed by atoms with Gasteiger partial charge in [0.2, 0.25) is 6.79 Å². The molecule has 1 aliphatic rings. The minimum Gasteiger partial charge on any atom is -0.454 e. The smallest absolute Gasteiger partial charge is 0.231 e. The van der Waals surface area contributed by atoms with E-state index in [0.717, 1.165) is 0 Å². The summed E-state index contributed by atoms with van der Waals surface area (Å²) in [5.41, 5.74) is 0.614. The summed E-state index contributed by atoms with van der Waals surface area (Å²) >= 11 is 11.2. The van der Waals surface area contributed by atoms with Gasteiger partial charge in [0.05, 0.1) is 0 Å². The van der Waals surface area contributed by atoms with Gasteiger partial charge in [-0.3, -0.25) is 0 Å². The lowest BCUT2D eigenvalue weighted by Gasteiger charge is -2.04. The van der Waals surface area contributed by atoms with Crippen LogP contribution in [0, 0.1) is 5.82 Å². The number of aromatic nitrogens is 2. The highest BCUT2D eigenvalue weighted by Gasteiger charge is 2.17. The van der Waals surface area contributed by atoms with Crippen LogP contribution in [0.3, 0.4) is 0 Å². The van der Waals surface area contributed by atoms with Crippen LogP contribution in [0.5, 0.6) is 11.5 Å². The molecular formula is C11H5Cl2FN2O2. The van der Waals surface area contributed by atoms with Gasteiger partial charge >= 0.3 is 0 Å². The van der Waals surface area contributed by atoms with E-state index in [0.29, 0.717) is 17.1 Å².